The lowest BCUT2D eigenvalue weighted by molar-refractivity contribution is -0.142. The molecule has 28 heavy (non-hydrogen) atoms. The van der Waals surface area contributed by atoms with Crippen LogP contribution in [0.2, 0.25) is 0 Å². The Morgan fingerprint density at radius 1 is 0.643 bits per heavy atom. The number of hydrogen-bond donors (Lipinski definition) is 1. The van der Waals surface area contributed by atoms with Crippen molar-refractivity contribution in [3.63, 3.8) is 0 Å². The number of carbonyl (C=O) groups is 1. The van der Waals surface area contributed by atoms with Gasteiger partial charge in [0.25, 0.3) is 0 Å². The van der Waals surface area contributed by atoms with Gasteiger partial charge in [-0.3, -0.25) is 4.79 Å². The first-order valence-corrected chi connectivity index (χ1v) is 12.6. The summed E-state index contributed by atoms with van der Waals surface area (Å²) in [6, 6.07) is 0. The van der Waals surface area contributed by atoms with Crippen LogP contribution in [0.5, 0.6) is 0 Å². The SMILES string of the molecule is CCCCCCCC/C=C\CCCCCCCCCCCCC(CC)C(=O)O. The predicted molar refractivity (Wildman–Crippen MR) is 124 cm³/mol. The first-order chi connectivity index (χ1) is 13.7. The van der Waals surface area contributed by atoms with Gasteiger partial charge in [-0.1, -0.05) is 116 Å². The number of rotatable bonds is 22. The Balaban J connectivity index is 3.17. The third-order valence-electron chi connectivity index (χ3n) is 5.91. The van der Waals surface area contributed by atoms with Crippen molar-refractivity contribution in [1.29, 1.82) is 0 Å². The fourth-order valence-electron chi connectivity index (χ4n) is 3.85. The molecule has 1 N–H and O–H groups in total. The van der Waals surface area contributed by atoms with Gasteiger partial charge in [0.2, 0.25) is 0 Å². The van der Waals surface area contributed by atoms with Gasteiger partial charge in [-0.2, -0.15) is 0 Å². The lowest BCUT2D eigenvalue weighted by Crippen LogP contribution is -2.12. The second-order valence-corrected chi connectivity index (χ2v) is 8.58. The van der Waals surface area contributed by atoms with Crippen molar-refractivity contribution < 1.29 is 9.90 Å². The van der Waals surface area contributed by atoms with E-state index in [4.69, 9.17) is 5.11 Å². The highest BCUT2D eigenvalue weighted by atomic mass is 16.4. The van der Waals surface area contributed by atoms with Crippen molar-refractivity contribution in [2.75, 3.05) is 0 Å². The molecule has 0 heterocycles. The van der Waals surface area contributed by atoms with Crippen LogP contribution in [0.25, 0.3) is 0 Å². The van der Waals surface area contributed by atoms with Crippen LogP contribution in [0.3, 0.4) is 0 Å². The topological polar surface area (TPSA) is 37.3 Å². The highest BCUT2D eigenvalue weighted by Crippen LogP contribution is 2.16. The van der Waals surface area contributed by atoms with Crippen molar-refractivity contribution in [3.05, 3.63) is 12.2 Å². The minimum absolute atomic E-state index is 0.120. The molecular formula is C26H50O2. The van der Waals surface area contributed by atoms with E-state index in [2.05, 4.69) is 19.1 Å². The molecule has 0 aromatic carbocycles. The fourth-order valence-corrected chi connectivity index (χ4v) is 3.85. The lowest BCUT2D eigenvalue weighted by Gasteiger charge is -2.08. The van der Waals surface area contributed by atoms with E-state index in [-0.39, 0.29) is 5.92 Å². The number of carboxylic acids is 1. The van der Waals surface area contributed by atoms with E-state index < -0.39 is 5.97 Å². The second kappa shape index (κ2) is 22.5. The van der Waals surface area contributed by atoms with Gasteiger partial charge in [-0.05, 0) is 38.5 Å². The Morgan fingerprint density at radius 3 is 1.43 bits per heavy atom. The summed E-state index contributed by atoms with van der Waals surface area (Å²) < 4.78 is 0. The maximum atomic E-state index is 11.0. The molecule has 166 valence electrons. The fraction of sp³-hybridized carbons (Fsp3) is 0.885. The number of aliphatic carboxylic acids is 1. The summed E-state index contributed by atoms with van der Waals surface area (Å²) in [4.78, 5) is 11.0. The summed E-state index contributed by atoms with van der Waals surface area (Å²) in [5, 5.41) is 9.03. The third-order valence-corrected chi connectivity index (χ3v) is 5.91. The molecule has 0 saturated heterocycles. The molecule has 0 spiro atoms. The van der Waals surface area contributed by atoms with Crippen molar-refractivity contribution >= 4 is 5.97 Å². The normalized spacial score (nSPS) is 12.6. The molecule has 0 rings (SSSR count). The molecule has 0 radical (unpaired) electrons. The summed E-state index contributed by atoms with van der Waals surface area (Å²) in [5.74, 6) is -0.735. The maximum absolute atomic E-state index is 11.0. The molecule has 0 aromatic rings. The van der Waals surface area contributed by atoms with Crippen molar-refractivity contribution in [1.82, 2.24) is 0 Å². The maximum Gasteiger partial charge on any atom is 0.306 e. The predicted octanol–water partition coefficient (Wildman–Crippen LogP) is 9.09. The van der Waals surface area contributed by atoms with Crippen LogP contribution in [0.4, 0.5) is 0 Å². The molecular weight excluding hydrogens is 344 g/mol. The zero-order chi connectivity index (χ0) is 20.7. The minimum Gasteiger partial charge on any atom is -0.481 e. The van der Waals surface area contributed by atoms with Crippen LogP contribution in [-0.2, 0) is 4.79 Å². The van der Waals surface area contributed by atoms with Gasteiger partial charge in [0.15, 0.2) is 0 Å². The minimum atomic E-state index is -0.615. The molecule has 0 bridgehead atoms. The van der Waals surface area contributed by atoms with Gasteiger partial charge < -0.3 is 5.11 Å². The highest BCUT2D eigenvalue weighted by molar-refractivity contribution is 5.69. The average molecular weight is 395 g/mol. The monoisotopic (exact) mass is 394 g/mol. The van der Waals surface area contributed by atoms with Crippen molar-refractivity contribution in [3.8, 4) is 0 Å². The number of carboxylic acid groups (broad SMARTS) is 1. The quantitative estimate of drug-likeness (QED) is 0.147. The number of unbranched alkanes of at least 4 members (excludes halogenated alkanes) is 16. The summed E-state index contributed by atoms with van der Waals surface area (Å²) in [7, 11) is 0. The summed E-state index contributed by atoms with van der Waals surface area (Å²) in [5.41, 5.74) is 0. The first kappa shape index (κ1) is 27.2. The van der Waals surface area contributed by atoms with Gasteiger partial charge in [0.05, 0.1) is 5.92 Å². The molecule has 0 aliphatic rings. The molecule has 1 unspecified atom stereocenters. The average Bonchev–Trinajstić information content (AvgIpc) is 2.69. The highest BCUT2D eigenvalue weighted by Gasteiger charge is 2.13. The van der Waals surface area contributed by atoms with E-state index in [1.807, 2.05) is 6.92 Å². The summed E-state index contributed by atoms with van der Waals surface area (Å²) in [6.07, 6.45) is 30.5. The van der Waals surface area contributed by atoms with Gasteiger partial charge in [-0.25, -0.2) is 0 Å². The van der Waals surface area contributed by atoms with E-state index in [1.165, 1.54) is 109 Å². The molecule has 0 saturated carbocycles. The molecule has 0 fully saturated rings. The smallest absolute Gasteiger partial charge is 0.306 e. The molecule has 1 atom stereocenters. The Kier molecular flexibility index (Phi) is 21.9. The Bertz CT molecular complexity index is 348. The Hall–Kier alpha value is -0.790. The zero-order valence-corrected chi connectivity index (χ0v) is 19.2. The molecule has 0 aromatic heterocycles. The van der Waals surface area contributed by atoms with Gasteiger partial charge >= 0.3 is 5.97 Å². The lowest BCUT2D eigenvalue weighted by atomic mass is 9.98. The van der Waals surface area contributed by atoms with Gasteiger partial charge in [0.1, 0.15) is 0 Å². The van der Waals surface area contributed by atoms with Crippen LogP contribution in [0.15, 0.2) is 12.2 Å². The van der Waals surface area contributed by atoms with E-state index in [9.17, 15) is 4.79 Å². The van der Waals surface area contributed by atoms with Gasteiger partial charge in [0, 0.05) is 0 Å². The standard InChI is InChI=1S/C26H50O2/c1-3-5-6-7-8-9-10-11-12-13-14-15-16-17-18-19-20-21-22-23-24-25(4-2)26(27)28/h11-12,25H,3-10,13-24H2,1-2H3,(H,27,28)/b12-11-. The summed E-state index contributed by atoms with van der Waals surface area (Å²) >= 11 is 0. The van der Waals surface area contributed by atoms with Crippen LogP contribution in [0, 0.1) is 5.92 Å². The number of hydrogen-bond acceptors (Lipinski definition) is 1. The van der Waals surface area contributed by atoms with Crippen LogP contribution < -0.4 is 0 Å². The van der Waals surface area contributed by atoms with E-state index in [0.717, 1.165) is 19.3 Å². The molecule has 0 amide bonds. The van der Waals surface area contributed by atoms with E-state index in [0.29, 0.717) is 0 Å². The second-order valence-electron chi connectivity index (χ2n) is 8.58. The van der Waals surface area contributed by atoms with Crippen molar-refractivity contribution in [2.45, 2.75) is 142 Å². The van der Waals surface area contributed by atoms with E-state index >= 15 is 0 Å². The van der Waals surface area contributed by atoms with Crippen LogP contribution in [-0.4, -0.2) is 11.1 Å². The van der Waals surface area contributed by atoms with E-state index in [1.54, 1.807) is 0 Å². The Morgan fingerprint density at radius 2 is 1.04 bits per heavy atom. The zero-order valence-electron chi connectivity index (χ0n) is 19.2. The largest absolute Gasteiger partial charge is 0.481 e. The van der Waals surface area contributed by atoms with Crippen LogP contribution in [0.1, 0.15) is 142 Å². The van der Waals surface area contributed by atoms with Crippen molar-refractivity contribution in [2.24, 2.45) is 5.92 Å². The molecule has 0 aliphatic heterocycles. The molecule has 0 aliphatic carbocycles. The van der Waals surface area contributed by atoms with Gasteiger partial charge in [-0.15, -0.1) is 0 Å². The van der Waals surface area contributed by atoms with Crippen LogP contribution >= 0.6 is 0 Å². The number of allylic oxidation sites excluding steroid dienone is 2. The molecule has 2 nitrogen and oxygen atoms in total. The third kappa shape index (κ3) is 20.0. The first-order valence-electron chi connectivity index (χ1n) is 12.6. The Labute approximate surface area is 176 Å². The molecule has 2 heteroatoms. The summed E-state index contributed by atoms with van der Waals surface area (Å²) in [6.45, 7) is 4.26.